The zero-order valence-electron chi connectivity index (χ0n) is 14.7. The van der Waals surface area contributed by atoms with Gasteiger partial charge in [0.25, 0.3) is 5.91 Å². The maximum absolute atomic E-state index is 12.5. The van der Waals surface area contributed by atoms with Gasteiger partial charge in [0.2, 0.25) is 10.0 Å². The third-order valence-electron chi connectivity index (χ3n) is 3.90. The van der Waals surface area contributed by atoms with Crippen LogP contribution >= 0.6 is 0 Å². The molecular weight excluding hydrogens is 362 g/mol. The molecule has 7 heteroatoms. The minimum Gasteiger partial charge on any atom is -0.322 e. The summed E-state index contributed by atoms with van der Waals surface area (Å²) in [4.78, 5) is 16.4. The minimum atomic E-state index is -3.74. The van der Waals surface area contributed by atoms with Crippen LogP contribution in [0.25, 0.3) is 0 Å². The van der Waals surface area contributed by atoms with Gasteiger partial charge in [-0.1, -0.05) is 18.2 Å². The van der Waals surface area contributed by atoms with Gasteiger partial charge in [0.15, 0.2) is 0 Å². The van der Waals surface area contributed by atoms with Crippen molar-refractivity contribution in [2.45, 2.75) is 18.4 Å². The number of benzene rings is 2. The van der Waals surface area contributed by atoms with Crippen molar-refractivity contribution < 1.29 is 13.2 Å². The number of rotatable bonds is 6. The Labute approximate surface area is 158 Å². The van der Waals surface area contributed by atoms with Crippen molar-refractivity contribution >= 4 is 21.6 Å². The molecule has 27 heavy (non-hydrogen) atoms. The molecule has 6 nitrogen and oxygen atoms in total. The molecule has 3 rings (SSSR count). The summed E-state index contributed by atoms with van der Waals surface area (Å²) in [7, 11) is -3.74. The van der Waals surface area contributed by atoms with Crippen molar-refractivity contribution in [3.8, 4) is 0 Å². The summed E-state index contributed by atoms with van der Waals surface area (Å²) in [5, 5.41) is 2.77. The van der Waals surface area contributed by atoms with Crippen molar-refractivity contribution in [1.29, 1.82) is 0 Å². The number of hydrogen-bond acceptors (Lipinski definition) is 4. The van der Waals surface area contributed by atoms with E-state index in [-0.39, 0.29) is 22.9 Å². The van der Waals surface area contributed by atoms with Crippen LogP contribution in [0.1, 0.15) is 21.5 Å². The molecule has 0 fully saturated rings. The first kappa shape index (κ1) is 18.8. The molecule has 3 aromatic rings. The minimum absolute atomic E-state index is 0.0356. The van der Waals surface area contributed by atoms with Crippen LogP contribution in [-0.2, 0) is 16.6 Å². The number of carbonyl (C=O) groups excluding carboxylic acids is 1. The molecule has 1 heterocycles. The van der Waals surface area contributed by atoms with Gasteiger partial charge in [-0.2, -0.15) is 0 Å². The number of pyridine rings is 1. The van der Waals surface area contributed by atoms with E-state index in [9.17, 15) is 13.2 Å². The Kier molecular flexibility index (Phi) is 5.63. The van der Waals surface area contributed by atoms with E-state index in [0.29, 0.717) is 5.69 Å². The molecule has 0 saturated carbocycles. The van der Waals surface area contributed by atoms with Crippen LogP contribution in [0.4, 0.5) is 5.69 Å². The highest BCUT2D eigenvalue weighted by atomic mass is 32.2. The van der Waals surface area contributed by atoms with Gasteiger partial charge in [-0.25, -0.2) is 13.1 Å². The molecular formula is C20H19N3O3S. The fourth-order valence-corrected chi connectivity index (χ4v) is 3.56. The number of hydrogen-bond donors (Lipinski definition) is 2. The second-order valence-electron chi connectivity index (χ2n) is 6.03. The zero-order chi connectivity index (χ0) is 19.3. The van der Waals surface area contributed by atoms with E-state index in [1.165, 1.54) is 12.1 Å². The van der Waals surface area contributed by atoms with Gasteiger partial charge in [-0.3, -0.25) is 9.78 Å². The highest BCUT2D eigenvalue weighted by molar-refractivity contribution is 7.89. The molecule has 0 atom stereocenters. The smallest absolute Gasteiger partial charge is 0.255 e. The average molecular weight is 381 g/mol. The molecule has 138 valence electrons. The predicted octanol–water partition coefficient (Wildman–Crippen LogP) is 3.12. The molecule has 0 bridgehead atoms. The van der Waals surface area contributed by atoms with Crippen LogP contribution in [0, 0.1) is 6.92 Å². The maximum atomic E-state index is 12.5. The number of anilines is 1. The summed E-state index contributed by atoms with van der Waals surface area (Å²) >= 11 is 0. The monoisotopic (exact) mass is 381 g/mol. The Morgan fingerprint density at radius 2 is 1.74 bits per heavy atom. The third kappa shape index (κ3) is 4.99. The van der Waals surface area contributed by atoms with Gasteiger partial charge in [0.05, 0.1) is 4.90 Å². The number of aryl methyl sites for hydroxylation is 1. The fourth-order valence-electron chi connectivity index (χ4n) is 2.49. The third-order valence-corrected chi connectivity index (χ3v) is 5.30. The average Bonchev–Trinajstić information content (AvgIpc) is 2.67. The van der Waals surface area contributed by atoms with Gasteiger partial charge in [-0.05, 0) is 60.5 Å². The number of nitrogens with one attached hydrogen (secondary N) is 2. The van der Waals surface area contributed by atoms with Crippen LogP contribution in [0.15, 0.2) is 78.0 Å². The Hall–Kier alpha value is -3.03. The maximum Gasteiger partial charge on any atom is 0.255 e. The number of sulfonamides is 1. The van der Waals surface area contributed by atoms with Crippen molar-refractivity contribution in [3.63, 3.8) is 0 Å². The molecule has 0 aliphatic rings. The lowest BCUT2D eigenvalue weighted by Gasteiger charge is -2.09. The van der Waals surface area contributed by atoms with Crippen molar-refractivity contribution in [3.05, 3.63) is 89.7 Å². The fraction of sp³-hybridized carbons (Fsp3) is 0.100. The lowest BCUT2D eigenvalue weighted by Crippen LogP contribution is -2.23. The van der Waals surface area contributed by atoms with E-state index in [2.05, 4.69) is 15.0 Å². The molecule has 0 aliphatic heterocycles. The van der Waals surface area contributed by atoms with Crippen LogP contribution in [0.2, 0.25) is 0 Å². The highest BCUT2D eigenvalue weighted by Crippen LogP contribution is 2.15. The molecule has 0 spiro atoms. The molecule has 0 unspecified atom stereocenters. The summed E-state index contributed by atoms with van der Waals surface area (Å²) in [6, 6.07) is 16.8. The highest BCUT2D eigenvalue weighted by Gasteiger charge is 2.16. The number of nitrogens with zero attached hydrogens (tertiary/aromatic N) is 1. The van der Waals surface area contributed by atoms with Gasteiger partial charge in [-0.15, -0.1) is 0 Å². The molecule has 2 aromatic carbocycles. The standard InChI is InChI=1S/C20H19N3O3S/c1-15-4-2-6-18(12-15)23-20(24)17-5-3-7-19(13-17)27(25,26)22-14-16-8-10-21-11-9-16/h2-13,22H,14H2,1H3,(H,23,24). The van der Waals surface area contributed by atoms with Gasteiger partial charge < -0.3 is 5.32 Å². The lowest BCUT2D eigenvalue weighted by molar-refractivity contribution is 0.102. The molecule has 0 radical (unpaired) electrons. The quantitative estimate of drug-likeness (QED) is 0.687. The van der Waals surface area contributed by atoms with Gasteiger partial charge in [0.1, 0.15) is 0 Å². The summed E-state index contributed by atoms with van der Waals surface area (Å²) in [6.07, 6.45) is 3.19. The first-order valence-electron chi connectivity index (χ1n) is 8.31. The van der Waals surface area contributed by atoms with E-state index in [1.807, 2.05) is 25.1 Å². The number of carbonyl (C=O) groups is 1. The van der Waals surface area contributed by atoms with Crippen molar-refractivity contribution in [2.75, 3.05) is 5.32 Å². The number of aromatic nitrogens is 1. The lowest BCUT2D eigenvalue weighted by atomic mass is 10.2. The molecule has 0 saturated heterocycles. The Morgan fingerprint density at radius 1 is 1.00 bits per heavy atom. The predicted molar refractivity (Wildman–Crippen MR) is 104 cm³/mol. The van der Waals surface area contributed by atoms with Crippen LogP contribution < -0.4 is 10.0 Å². The SMILES string of the molecule is Cc1cccc(NC(=O)c2cccc(S(=O)(=O)NCc3ccncc3)c2)c1. The Bertz CT molecular complexity index is 1050. The largest absolute Gasteiger partial charge is 0.322 e. The Balaban J connectivity index is 1.74. The van der Waals surface area contributed by atoms with Crippen LogP contribution in [0.3, 0.4) is 0 Å². The first-order valence-corrected chi connectivity index (χ1v) is 9.79. The van der Waals surface area contributed by atoms with E-state index >= 15 is 0 Å². The molecule has 1 amide bonds. The molecule has 2 N–H and O–H groups in total. The van der Waals surface area contributed by atoms with Crippen LogP contribution in [0.5, 0.6) is 0 Å². The normalized spacial score (nSPS) is 11.1. The summed E-state index contributed by atoms with van der Waals surface area (Å²) in [6.45, 7) is 2.07. The van der Waals surface area contributed by atoms with Crippen molar-refractivity contribution in [1.82, 2.24) is 9.71 Å². The van der Waals surface area contributed by atoms with Crippen molar-refractivity contribution in [2.24, 2.45) is 0 Å². The second kappa shape index (κ2) is 8.11. The molecule has 0 aliphatic carbocycles. The zero-order valence-corrected chi connectivity index (χ0v) is 15.5. The molecule has 1 aromatic heterocycles. The van der Waals surface area contributed by atoms with E-state index in [1.54, 1.807) is 42.7 Å². The topological polar surface area (TPSA) is 88.2 Å². The Morgan fingerprint density at radius 3 is 2.48 bits per heavy atom. The van der Waals surface area contributed by atoms with Gasteiger partial charge in [0, 0.05) is 30.2 Å². The summed E-state index contributed by atoms with van der Waals surface area (Å²) < 4.78 is 27.6. The second-order valence-corrected chi connectivity index (χ2v) is 7.80. The van der Waals surface area contributed by atoms with E-state index in [4.69, 9.17) is 0 Å². The summed E-state index contributed by atoms with van der Waals surface area (Å²) in [5.41, 5.74) is 2.73. The number of amides is 1. The summed E-state index contributed by atoms with van der Waals surface area (Å²) in [5.74, 6) is -0.369. The van der Waals surface area contributed by atoms with Crippen LogP contribution in [-0.4, -0.2) is 19.3 Å². The first-order chi connectivity index (χ1) is 12.9. The van der Waals surface area contributed by atoms with E-state index in [0.717, 1.165) is 11.1 Å². The van der Waals surface area contributed by atoms with E-state index < -0.39 is 10.0 Å². The van der Waals surface area contributed by atoms with Gasteiger partial charge >= 0.3 is 0 Å².